The van der Waals surface area contributed by atoms with E-state index < -0.39 is 0 Å². The van der Waals surface area contributed by atoms with E-state index in [1.54, 1.807) is 0 Å². The molecule has 0 aliphatic carbocycles. The molecule has 0 aromatic carbocycles. The van der Waals surface area contributed by atoms with Crippen molar-refractivity contribution in [2.24, 2.45) is 0 Å². The molecule has 0 aromatic heterocycles. The Labute approximate surface area is 79.4 Å². The van der Waals surface area contributed by atoms with E-state index in [1.165, 1.54) is 0 Å². The summed E-state index contributed by atoms with van der Waals surface area (Å²) in [6.45, 7) is 0. The number of rotatable bonds is 0. The smallest absolute Gasteiger partial charge is 0 e. The molecule has 4 heavy (non-hydrogen) atoms. The fourth-order valence-corrected chi connectivity index (χ4v) is 0. The van der Waals surface area contributed by atoms with E-state index in [1.807, 2.05) is 0 Å². The van der Waals surface area contributed by atoms with Crippen molar-refractivity contribution in [2.75, 3.05) is 0 Å². The maximum Gasteiger partial charge on any atom is 0 e. The first-order chi connectivity index (χ1) is 0. The van der Waals surface area contributed by atoms with Gasteiger partial charge in [0.1, 0.15) is 0 Å². The molecule has 0 aliphatic heterocycles. The maximum absolute atomic E-state index is 0. The second kappa shape index (κ2) is 18.2. The van der Waals surface area contributed by atoms with Gasteiger partial charge in [-0.25, -0.2) is 0 Å². The topological polar surface area (TPSA) is 30.5 Å². The summed E-state index contributed by atoms with van der Waals surface area (Å²) in [6, 6.07) is 0. The average molecular weight is 118 g/mol. The SMILES string of the molecule is S.[K].[N].[P]. The van der Waals surface area contributed by atoms with Crippen LogP contribution in [0, 0.1) is 0 Å². The summed E-state index contributed by atoms with van der Waals surface area (Å²) >= 11 is 0. The summed E-state index contributed by atoms with van der Waals surface area (Å²) in [5.41, 5.74) is 0. The molecule has 4 heteroatoms. The van der Waals surface area contributed by atoms with Crippen molar-refractivity contribution in [3.63, 3.8) is 0 Å². The van der Waals surface area contributed by atoms with Gasteiger partial charge >= 0.3 is 0 Å². The minimum atomic E-state index is 0. The molecule has 0 spiro atoms. The monoisotopic (exact) mass is 118 g/mol. The molecular formula is H2KNPS. The molecule has 0 atom stereocenters. The third kappa shape index (κ3) is 8.83. The molecule has 0 rings (SSSR count). The molecule has 0 N–H and O–H groups in total. The summed E-state index contributed by atoms with van der Waals surface area (Å²) in [6.07, 6.45) is 0. The maximum atomic E-state index is 0. The van der Waals surface area contributed by atoms with Crippen molar-refractivity contribution in [3.8, 4) is 0 Å². The van der Waals surface area contributed by atoms with Crippen LogP contribution in [-0.2, 0) is 0 Å². The number of hydrogen-bond acceptors (Lipinski definition) is 0. The van der Waals surface area contributed by atoms with Gasteiger partial charge in [-0.15, -0.1) is 0 Å². The van der Waals surface area contributed by atoms with Crippen LogP contribution in [0.2, 0.25) is 0 Å². The third-order valence-electron chi connectivity index (χ3n) is 0. The quantitative estimate of drug-likeness (QED) is 0.319. The standard InChI is InChI=1S/K.N.P.H2S/h;;;1H2. The normalized spacial score (nSPS) is 0. The fourth-order valence-electron chi connectivity index (χ4n) is 0. The van der Waals surface area contributed by atoms with E-state index in [0.29, 0.717) is 0 Å². The van der Waals surface area contributed by atoms with Crippen LogP contribution < -0.4 is 6.15 Å². The van der Waals surface area contributed by atoms with Crippen LogP contribution in [0.1, 0.15) is 0 Å². The Morgan fingerprint density at radius 3 is 1.00 bits per heavy atom. The molecule has 0 unspecified atom stereocenters. The fraction of sp³-hybridized carbons (Fsp3) is 0. The van der Waals surface area contributed by atoms with Gasteiger partial charge in [-0.2, -0.15) is 13.5 Å². The second-order valence-corrected chi connectivity index (χ2v) is 0. The molecule has 0 saturated carbocycles. The van der Waals surface area contributed by atoms with E-state index in [9.17, 15) is 0 Å². The molecule has 0 aromatic rings. The molecule has 0 saturated heterocycles. The Morgan fingerprint density at radius 2 is 1.00 bits per heavy atom. The predicted octanol–water partition coefficient (Wildman–Crippen LogP) is 0.113. The molecule has 0 aliphatic rings. The van der Waals surface area contributed by atoms with Gasteiger partial charge in [0.15, 0.2) is 0 Å². The molecule has 1 nitrogen and oxygen atoms in total. The van der Waals surface area contributed by atoms with Crippen molar-refractivity contribution in [1.82, 2.24) is 6.15 Å². The zero-order valence-electron chi connectivity index (χ0n) is 2.39. The number of hydrogen-bond donors (Lipinski definition) is 0. The van der Waals surface area contributed by atoms with Crippen LogP contribution in [-0.4, -0.2) is 51.4 Å². The van der Waals surface area contributed by atoms with Crippen LogP contribution >= 0.6 is 23.4 Å². The largest absolute Gasteiger partial charge is 0.197 e. The Hall–Kier alpha value is 2.38. The minimum Gasteiger partial charge on any atom is -0.197 e. The Balaban J connectivity index is 0. The molecule has 7 radical (unpaired) electrons. The summed E-state index contributed by atoms with van der Waals surface area (Å²) < 4.78 is 0. The van der Waals surface area contributed by atoms with Crippen LogP contribution in [0.25, 0.3) is 0 Å². The van der Waals surface area contributed by atoms with Crippen LogP contribution in [0.15, 0.2) is 0 Å². The van der Waals surface area contributed by atoms with Crippen molar-refractivity contribution < 1.29 is 0 Å². The van der Waals surface area contributed by atoms with E-state index >= 15 is 0 Å². The van der Waals surface area contributed by atoms with Crippen molar-refractivity contribution in [3.05, 3.63) is 0 Å². The van der Waals surface area contributed by atoms with Gasteiger partial charge in [0, 0.05) is 67.4 Å². The Bertz CT molecular complexity index is 8.00. The Morgan fingerprint density at radius 1 is 1.00 bits per heavy atom. The van der Waals surface area contributed by atoms with Gasteiger partial charge in [0.05, 0.1) is 0 Å². The number of nitrogens with zero attached hydrogens (tertiary/aromatic N) is 1. The zero-order valence-corrected chi connectivity index (χ0v) is 7.41. The first-order valence-electron chi connectivity index (χ1n) is 0. The summed E-state index contributed by atoms with van der Waals surface area (Å²) in [5.74, 6) is 0. The van der Waals surface area contributed by atoms with Gasteiger partial charge < -0.3 is 0 Å². The van der Waals surface area contributed by atoms with E-state index in [2.05, 4.69) is 0 Å². The van der Waals surface area contributed by atoms with Gasteiger partial charge in [-0.05, 0) is 0 Å². The first-order valence-corrected chi connectivity index (χ1v) is 0. The van der Waals surface area contributed by atoms with Gasteiger partial charge in [0.2, 0.25) is 0 Å². The summed E-state index contributed by atoms with van der Waals surface area (Å²) in [7, 11) is 0. The molecule has 19 valence electrons. The van der Waals surface area contributed by atoms with Gasteiger partial charge in [-0.3, -0.25) is 0 Å². The zero-order chi connectivity index (χ0) is 0. The molecule has 0 heterocycles. The third-order valence-corrected chi connectivity index (χ3v) is 0. The second-order valence-electron chi connectivity index (χ2n) is 0. The van der Waals surface area contributed by atoms with E-state index in [-0.39, 0.29) is 80.9 Å². The molecule has 0 bridgehead atoms. The molecule has 0 fully saturated rings. The van der Waals surface area contributed by atoms with Gasteiger partial charge in [0.25, 0.3) is 0 Å². The predicted molar refractivity (Wildman–Crippen MR) is 25.2 cm³/mol. The summed E-state index contributed by atoms with van der Waals surface area (Å²) in [4.78, 5) is 0. The van der Waals surface area contributed by atoms with E-state index in [0.717, 1.165) is 0 Å². The van der Waals surface area contributed by atoms with Gasteiger partial charge in [-0.1, -0.05) is 0 Å². The minimum absolute atomic E-state index is 0. The average Bonchev–Trinajstić information content (AvgIpc) is 0. The van der Waals surface area contributed by atoms with Crippen LogP contribution in [0.4, 0.5) is 0 Å². The van der Waals surface area contributed by atoms with E-state index in [4.69, 9.17) is 0 Å². The van der Waals surface area contributed by atoms with Crippen LogP contribution in [0.5, 0.6) is 0 Å². The molecule has 0 amide bonds. The van der Waals surface area contributed by atoms with Crippen molar-refractivity contribution in [2.45, 2.75) is 0 Å². The van der Waals surface area contributed by atoms with Crippen molar-refractivity contribution in [1.29, 1.82) is 0 Å². The summed E-state index contributed by atoms with van der Waals surface area (Å²) in [5, 5.41) is 0. The Kier molecular flexibility index (Phi) is 149. The van der Waals surface area contributed by atoms with Crippen LogP contribution in [0.3, 0.4) is 0 Å². The first kappa shape index (κ1) is 32.6. The van der Waals surface area contributed by atoms with Crippen molar-refractivity contribution >= 4 is 74.8 Å². The molecular weight excluding hydrogens is 116 g/mol.